The summed E-state index contributed by atoms with van der Waals surface area (Å²) in [5, 5.41) is 10.2. The highest BCUT2D eigenvalue weighted by atomic mass is 16.6. The van der Waals surface area contributed by atoms with E-state index < -0.39 is 6.10 Å². The summed E-state index contributed by atoms with van der Waals surface area (Å²) in [6.45, 7) is 8.95. The molecule has 5 atom stereocenters. The number of likely N-dealkylation sites (tertiary alicyclic amines) is 1. The first-order valence-electron chi connectivity index (χ1n) is 9.08. The highest BCUT2D eigenvalue weighted by Gasteiger charge is 2.27. The zero-order valence-corrected chi connectivity index (χ0v) is 14.7. The van der Waals surface area contributed by atoms with Crippen LogP contribution in [0.2, 0.25) is 0 Å². The third-order valence-electron chi connectivity index (χ3n) is 4.78. The number of para-hydroxylation sites is 2. The maximum absolute atomic E-state index is 10.2. The molecule has 2 aliphatic heterocycles. The van der Waals surface area contributed by atoms with Gasteiger partial charge < -0.3 is 24.2 Å². The fourth-order valence-corrected chi connectivity index (χ4v) is 3.96. The average Bonchev–Trinajstić information content (AvgIpc) is 2.53. The van der Waals surface area contributed by atoms with Crippen LogP contribution in [0.15, 0.2) is 24.3 Å². The SMILES string of the molecule is C[C@@H]1C[C@H](C)C[NH+](C[C@@H](O)COC[C@H]2COc3ccccc3O2)C1. The molecule has 3 rings (SSSR count). The highest BCUT2D eigenvalue weighted by molar-refractivity contribution is 5.40. The van der Waals surface area contributed by atoms with Crippen molar-refractivity contribution in [2.75, 3.05) is 39.5 Å². The molecule has 0 aromatic heterocycles. The second-order valence-electron chi connectivity index (χ2n) is 7.50. The molecule has 5 heteroatoms. The lowest BCUT2D eigenvalue weighted by Crippen LogP contribution is -3.15. The number of quaternary nitrogens is 1. The van der Waals surface area contributed by atoms with Gasteiger partial charge in [-0.1, -0.05) is 26.0 Å². The van der Waals surface area contributed by atoms with E-state index in [4.69, 9.17) is 14.2 Å². The first-order chi connectivity index (χ1) is 11.6. The van der Waals surface area contributed by atoms with Crippen molar-refractivity contribution in [3.05, 3.63) is 24.3 Å². The van der Waals surface area contributed by atoms with Gasteiger partial charge >= 0.3 is 0 Å². The maximum Gasteiger partial charge on any atom is 0.161 e. The Morgan fingerprint density at radius 3 is 2.67 bits per heavy atom. The second-order valence-corrected chi connectivity index (χ2v) is 7.50. The van der Waals surface area contributed by atoms with Gasteiger partial charge in [0, 0.05) is 11.8 Å². The number of nitrogens with one attached hydrogen (secondary N) is 1. The largest absolute Gasteiger partial charge is 0.486 e. The van der Waals surface area contributed by atoms with Gasteiger partial charge in [0.15, 0.2) is 17.6 Å². The van der Waals surface area contributed by atoms with Crippen molar-refractivity contribution in [3.63, 3.8) is 0 Å². The van der Waals surface area contributed by atoms with Crippen molar-refractivity contribution >= 4 is 0 Å². The van der Waals surface area contributed by atoms with Gasteiger partial charge in [0.05, 0.1) is 26.3 Å². The smallest absolute Gasteiger partial charge is 0.161 e. The van der Waals surface area contributed by atoms with E-state index in [-0.39, 0.29) is 6.10 Å². The summed E-state index contributed by atoms with van der Waals surface area (Å²) in [5.74, 6) is 3.03. The van der Waals surface area contributed by atoms with Crippen LogP contribution in [0, 0.1) is 11.8 Å². The second kappa shape index (κ2) is 8.19. The van der Waals surface area contributed by atoms with Gasteiger partial charge in [0.25, 0.3) is 0 Å². The Morgan fingerprint density at radius 2 is 1.92 bits per heavy atom. The molecule has 134 valence electrons. The zero-order valence-electron chi connectivity index (χ0n) is 14.7. The van der Waals surface area contributed by atoms with Crippen LogP contribution >= 0.6 is 0 Å². The van der Waals surface area contributed by atoms with E-state index in [1.54, 1.807) is 0 Å². The lowest BCUT2D eigenvalue weighted by Gasteiger charge is -2.33. The molecule has 1 aromatic carbocycles. The number of hydrogen-bond acceptors (Lipinski definition) is 4. The Morgan fingerprint density at radius 1 is 1.21 bits per heavy atom. The van der Waals surface area contributed by atoms with Gasteiger partial charge in [-0.15, -0.1) is 0 Å². The van der Waals surface area contributed by atoms with E-state index in [2.05, 4.69) is 13.8 Å². The van der Waals surface area contributed by atoms with Crippen molar-refractivity contribution in [2.24, 2.45) is 11.8 Å². The Hall–Kier alpha value is -1.30. The van der Waals surface area contributed by atoms with Crippen LogP contribution in [-0.2, 0) is 4.74 Å². The first-order valence-corrected chi connectivity index (χ1v) is 9.08. The minimum absolute atomic E-state index is 0.116. The molecule has 24 heavy (non-hydrogen) atoms. The third-order valence-corrected chi connectivity index (χ3v) is 4.78. The number of ether oxygens (including phenoxy) is 3. The molecule has 1 fully saturated rings. The first kappa shape index (κ1) is 17.5. The van der Waals surface area contributed by atoms with Crippen molar-refractivity contribution in [1.82, 2.24) is 0 Å². The summed E-state index contributed by atoms with van der Waals surface area (Å²) in [4.78, 5) is 1.49. The molecule has 1 unspecified atom stereocenters. The van der Waals surface area contributed by atoms with Crippen molar-refractivity contribution in [3.8, 4) is 11.5 Å². The fourth-order valence-electron chi connectivity index (χ4n) is 3.96. The molecule has 1 saturated heterocycles. The average molecular weight is 336 g/mol. The minimum Gasteiger partial charge on any atom is -0.486 e. The van der Waals surface area contributed by atoms with E-state index in [0.29, 0.717) is 19.8 Å². The molecule has 2 aliphatic rings. The van der Waals surface area contributed by atoms with Crippen LogP contribution in [0.5, 0.6) is 11.5 Å². The molecule has 0 amide bonds. The molecule has 0 radical (unpaired) electrons. The Balaban J connectivity index is 1.36. The van der Waals surface area contributed by atoms with Gasteiger partial charge in [-0.05, 0) is 18.6 Å². The monoisotopic (exact) mass is 336 g/mol. The van der Waals surface area contributed by atoms with Crippen molar-refractivity contribution in [2.45, 2.75) is 32.5 Å². The van der Waals surface area contributed by atoms with E-state index in [1.807, 2.05) is 24.3 Å². The Labute approximate surface area is 144 Å². The molecule has 0 aliphatic carbocycles. The summed E-state index contributed by atoms with van der Waals surface area (Å²) in [6, 6.07) is 7.66. The quantitative estimate of drug-likeness (QED) is 0.806. The van der Waals surface area contributed by atoms with E-state index in [9.17, 15) is 5.11 Å². The highest BCUT2D eigenvalue weighted by Crippen LogP contribution is 2.30. The summed E-state index contributed by atoms with van der Waals surface area (Å²) >= 11 is 0. The van der Waals surface area contributed by atoms with Gasteiger partial charge in [0.1, 0.15) is 19.3 Å². The molecule has 0 saturated carbocycles. The molecule has 5 nitrogen and oxygen atoms in total. The van der Waals surface area contributed by atoms with Crippen LogP contribution in [-0.4, -0.2) is 56.8 Å². The summed E-state index contributed by atoms with van der Waals surface area (Å²) in [5.41, 5.74) is 0. The standard InChI is InChI=1S/C19H29NO4/c1-14-7-15(2)9-20(8-14)10-16(21)11-22-12-17-13-23-18-5-3-4-6-19(18)24-17/h3-6,14-17,21H,7-13H2,1-2H3/p+1/t14-,15+,16-,17+/m1/s1. The molecule has 0 bridgehead atoms. The fraction of sp³-hybridized carbons (Fsp3) is 0.684. The van der Waals surface area contributed by atoms with Crippen LogP contribution in [0.3, 0.4) is 0 Å². The predicted octanol–water partition coefficient (Wildman–Crippen LogP) is 0.765. The molecular formula is C19H30NO4+. The topological polar surface area (TPSA) is 52.4 Å². The van der Waals surface area contributed by atoms with E-state index >= 15 is 0 Å². The number of hydrogen-bond donors (Lipinski definition) is 2. The maximum atomic E-state index is 10.2. The van der Waals surface area contributed by atoms with E-state index in [1.165, 1.54) is 11.3 Å². The van der Waals surface area contributed by atoms with Crippen molar-refractivity contribution < 1.29 is 24.2 Å². The molecule has 2 heterocycles. The van der Waals surface area contributed by atoms with E-state index in [0.717, 1.165) is 43.0 Å². The minimum atomic E-state index is -0.422. The Kier molecular flexibility index (Phi) is 5.98. The van der Waals surface area contributed by atoms with Crippen molar-refractivity contribution in [1.29, 1.82) is 0 Å². The van der Waals surface area contributed by atoms with Gasteiger partial charge in [-0.25, -0.2) is 0 Å². The molecule has 0 spiro atoms. The number of aliphatic hydroxyl groups excluding tert-OH is 1. The van der Waals surface area contributed by atoms with Crippen LogP contribution in [0.25, 0.3) is 0 Å². The normalized spacial score (nSPS) is 30.8. The number of benzene rings is 1. The van der Waals surface area contributed by atoms with Crippen LogP contribution in [0.4, 0.5) is 0 Å². The summed E-state index contributed by atoms with van der Waals surface area (Å²) in [7, 11) is 0. The molecular weight excluding hydrogens is 306 g/mol. The summed E-state index contributed by atoms with van der Waals surface area (Å²) in [6.07, 6.45) is 0.764. The zero-order chi connectivity index (χ0) is 16.9. The number of piperidine rings is 1. The van der Waals surface area contributed by atoms with Gasteiger partial charge in [0.2, 0.25) is 0 Å². The Bertz CT molecular complexity index is 514. The van der Waals surface area contributed by atoms with Crippen LogP contribution < -0.4 is 14.4 Å². The van der Waals surface area contributed by atoms with Gasteiger partial charge in [-0.3, -0.25) is 0 Å². The number of fused-ring (bicyclic) bond motifs is 1. The molecule has 1 aromatic rings. The molecule has 2 N–H and O–H groups in total. The van der Waals surface area contributed by atoms with Gasteiger partial charge in [-0.2, -0.15) is 0 Å². The summed E-state index contributed by atoms with van der Waals surface area (Å²) < 4.78 is 17.2. The third kappa shape index (κ3) is 4.85. The lowest BCUT2D eigenvalue weighted by molar-refractivity contribution is -0.915. The number of aliphatic hydroxyl groups is 1. The van der Waals surface area contributed by atoms with Crippen LogP contribution in [0.1, 0.15) is 20.3 Å². The predicted molar refractivity (Wildman–Crippen MR) is 91.7 cm³/mol. The number of rotatable bonds is 6. The lowest BCUT2D eigenvalue weighted by atomic mass is 9.92.